The Hall–Kier alpha value is -0.920. The van der Waals surface area contributed by atoms with Gasteiger partial charge in [0, 0.05) is 11.1 Å². The summed E-state index contributed by atoms with van der Waals surface area (Å²) in [5.41, 5.74) is 0.278. The molecule has 2 heteroatoms. The molecule has 9 heavy (non-hydrogen) atoms. The molecule has 2 aliphatic carbocycles. The van der Waals surface area contributed by atoms with E-state index in [4.69, 9.17) is 0 Å². The quantitative estimate of drug-likeness (QED) is 0.499. The van der Waals surface area contributed by atoms with Crippen LogP contribution in [0.1, 0.15) is 11.1 Å². The van der Waals surface area contributed by atoms with Crippen LogP contribution in [0.3, 0.4) is 0 Å². The fourth-order valence-corrected chi connectivity index (χ4v) is 0.999. The van der Waals surface area contributed by atoms with Crippen molar-refractivity contribution >= 4 is 0 Å². The van der Waals surface area contributed by atoms with Gasteiger partial charge in [-0.25, -0.2) is 0 Å². The van der Waals surface area contributed by atoms with Crippen LogP contribution in [0.4, 0.5) is 8.78 Å². The number of fused-ring (bicyclic) bond motifs is 2. The Morgan fingerprint density at radius 3 is 1.89 bits per heavy atom. The molecule has 0 atom stereocenters. The van der Waals surface area contributed by atoms with Gasteiger partial charge in [-0.3, -0.25) is 0 Å². The van der Waals surface area contributed by atoms with Crippen LogP contribution in [0, 0.1) is 0 Å². The molecule has 0 radical (unpaired) electrons. The Balaban J connectivity index is 2.65. The highest BCUT2D eigenvalue weighted by atomic mass is 19.3. The number of hydrogen-bond acceptors (Lipinski definition) is 0. The smallest absolute Gasteiger partial charge is 0.196 e. The monoisotopic (exact) mass is 126 g/mol. The zero-order valence-corrected chi connectivity index (χ0v) is 4.57. The van der Waals surface area contributed by atoms with Gasteiger partial charge in [0.15, 0.2) is 0 Å². The molecule has 1 aromatic carbocycles. The van der Waals surface area contributed by atoms with Crippen LogP contribution < -0.4 is 0 Å². The van der Waals surface area contributed by atoms with Crippen molar-refractivity contribution in [3.8, 4) is 0 Å². The second-order valence-corrected chi connectivity index (χ2v) is 2.16. The van der Waals surface area contributed by atoms with Crippen LogP contribution in [0.25, 0.3) is 0 Å². The predicted molar refractivity (Wildman–Crippen MR) is 29.4 cm³/mol. The highest BCUT2D eigenvalue weighted by molar-refractivity contribution is 5.44. The van der Waals surface area contributed by atoms with E-state index in [-0.39, 0.29) is 11.1 Å². The summed E-state index contributed by atoms with van der Waals surface area (Å²) in [6.45, 7) is 0. The molecular weight excluding hydrogens is 122 g/mol. The fourth-order valence-electron chi connectivity index (χ4n) is 0.999. The van der Waals surface area contributed by atoms with Gasteiger partial charge in [-0.05, 0) is 6.07 Å². The molecule has 0 spiro atoms. The van der Waals surface area contributed by atoms with Gasteiger partial charge in [-0.15, -0.1) is 0 Å². The normalized spacial score (nSPS) is 18.9. The van der Waals surface area contributed by atoms with E-state index in [0.29, 0.717) is 0 Å². The largest absolute Gasteiger partial charge is 0.298 e. The van der Waals surface area contributed by atoms with Crippen LogP contribution in [0.5, 0.6) is 0 Å². The lowest BCUT2D eigenvalue weighted by molar-refractivity contribution is 0.0276. The van der Waals surface area contributed by atoms with Gasteiger partial charge in [0.05, 0.1) is 0 Å². The standard InChI is InChI=1S/C7H4F2/c8-7(9)5-2-1-3-6(7)4-5/h1-4H. The molecule has 2 bridgehead atoms. The van der Waals surface area contributed by atoms with Gasteiger partial charge in [0.2, 0.25) is 0 Å². The fraction of sp³-hybridized carbons (Fsp3) is 0.143. The average molecular weight is 126 g/mol. The Labute approximate surface area is 51.1 Å². The number of alkyl halides is 2. The molecule has 46 valence electrons. The van der Waals surface area contributed by atoms with Crippen molar-refractivity contribution in [2.45, 2.75) is 5.92 Å². The second kappa shape index (κ2) is 1.15. The van der Waals surface area contributed by atoms with Crippen molar-refractivity contribution in [2.24, 2.45) is 0 Å². The van der Waals surface area contributed by atoms with E-state index in [1.54, 1.807) is 6.07 Å². The summed E-state index contributed by atoms with van der Waals surface area (Å²) < 4.78 is 24.9. The molecule has 0 fully saturated rings. The highest BCUT2D eigenvalue weighted by Crippen LogP contribution is 2.43. The molecule has 0 N–H and O–H groups in total. The van der Waals surface area contributed by atoms with E-state index in [2.05, 4.69) is 0 Å². The predicted octanol–water partition coefficient (Wildman–Crippen LogP) is 2.14. The van der Waals surface area contributed by atoms with Gasteiger partial charge in [0.25, 0.3) is 5.92 Å². The number of halogens is 2. The zero-order chi connectivity index (χ0) is 6.48. The van der Waals surface area contributed by atoms with Crippen LogP contribution in [-0.4, -0.2) is 0 Å². The molecule has 0 unspecified atom stereocenters. The summed E-state index contributed by atoms with van der Waals surface area (Å²) in [4.78, 5) is 0. The molecule has 0 nitrogen and oxygen atoms in total. The topological polar surface area (TPSA) is 0 Å². The van der Waals surface area contributed by atoms with E-state index >= 15 is 0 Å². The molecule has 0 aliphatic heterocycles. The van der Waals surface area contributed by atoms with E-state index < -0.39 is 5.92 Å². The van der Waals surface area contributed by atoms with Gasteiger partial charge in [-0.1, -0.05) is 18.2 Å². The summed E-state index contributed by atoms with van der Waals surface area (Å²) >= 11 is 0. The number of rotatable bonds is 0. The molecule has 0 saturated heterocycles. The lowest BCUT2D eigenvalue weighted by Gasteiger charge is -2.25. The number of benzene rings is 1. The first kappa shape index (κ1) is 4.91. The van der Waals surface area contributed by atoms with Gasteiger partial charge in [0.1, 0.15) is 0 Å². The Kier molecular flexibility index (Phi) is 0.628. The van der Waals surface area contributed by atoms with Gasteiger partial charge >= 0.3 is 0 Å². The molecule has 2 aliphatic rings. The average Bonchev–Trinajstić information content (AvgIpc) is 1.89. The first-order valence-electron chi connectivity index (χ1n) is 2.70. The van der Waals surface area contributed by atoms with E-state index in [0.717, 1.165) is 0 Å². The van der Waals surface area contributed by atoms with Crippen LogP contribution in [0.2, 0.25) is 0 Å². The maximum atomic E-state index is 12.5. The van der Waals surface area contributed by atoms with E-state index in [1.807, 2.05) is 0 Å². The summed E-state index contributed by atoms with van der Waals surface area (Å²) in [7, 11) is 0. The van der Waals surface area contributed by atoms with Crippen molar-refractivity contribution in [1.29, 1.82) is 0 Å². The SMILES string of the molecule is FC1(F)c2cccc1c2. The molecule has 3 rings (SSSR count). The molecule has 1 aromatic rings. The molecule has 0 amide bonds. The summed E-state index contributed by atoms with van der Waals surface area (Å²) in [6, 6.07) is 6.02. The lowest BCUT2D eigenvalue weighted by atomic mass is 9.89. The second-order valence-electron chi connectivity index (χ2n) is 2.16. The molecular formula is C7H4F2. The molecule has 0 aromatic heterocycles. The Morgan fingerprint density at radius 2 is 1.67 bits per heavy atom. The molecule has 0 saturated carbocycles. The molecule has 0 heterocycles. The third-order valence-corrected chi connectivity index (χ3v) is 1.59. The first-order chi connectivity index (χ1) is 4.21. The van der Waals surface area contributed by atoms with E-state index in [9.17, 15) is 8.78 Å². The van der Waals surface area contributed by atoms with Crippen molar-refractivity contribution in [2.75, 3.05) is 0 Å². The van der Waals surface area contributed by atoms with Crippen molar-refractivity contribution < 1.29 is 8.78 Å². The van der Waals surface area contributed by atoms with Crippen molar-refractivity contribution in [3.63, 3.8) is 0 Å². The maximum absolute atomic E-state index is 12.5. The summed E-state index contributed by atoms with van der Waals surface area (Å²) in [6.07, 6.45) is 0. The van der Waals surface area contributed by atoms with Gasteiger partial charge in [-0.2, -0.15) is 8.78 Å². The Bertz CT molecular complexity index is 224. The van der Waals surface area contributed by atoms with Crippen molar-refractivity contribution in [3.05, 3.63) is 35.4 Å². The number of hydrogen-bond donors (Lipinski definition) is 0. The lowest BCUT2D eigenvalue weighted by Crippen LogP contribution is -2.23. The summed E-state index contributed by atoms with van der Waals surface area (Å²) in [5, 5.41) is 0. The highest BCUT2D eigenvalue weighted by Gasteiger charge is 2.41. The van der Waals surface area contributed by atoms with Crippen LogP contribution in [0.15, 0.2) is 24.3 Å². The maximum Gasteiger partial charge on any atom is 0.298 e. The first-order valence-corrected chi connectivity index (χ1v) is 2.70. The minimum Gasteiger partial charge on any atom is -0.196 e. The summed E-state index contributed by atoms with van der Waals surface area (Å²) in [5.74, 6) is -2.63. The van der Waals surface area contributed by atoms with Crippen LogP contribution >= 0.6 is 0 Å². The van der Waals surface area contributed by atoms with Crippen molar-refractivity contribution in [1.82, 2.24) is 0 Å². The minimum atomic E-state index is -2.63. The van der Waals surface area contributed by atoms with Gasteiger partial charge < -0.3 is 0 Å². The minimum absolute atomic E-state index is 0.139. The third-order valence-electron chi connectivity index (χ3n) is 1.59. The third kappa shape index (κ3) is 0.411. The van der Waals surface area contributed by atoms with Crippen LogP contribution in [-0.2, 0) is 5.92 Å². The Morgan fingerprint density at radius 1 is 1.11 bits per heavy atom. The zero-order valence-electron chi connectivity index (χ0n) is 4.57. The van der Waals surface area contributed by atoms with E-state index in [1.165, 1.54) is 18.2 Å².